The molecule has 2 rings (SSSR count). The molecule has 7 nitrogen and oxygen atoms in total. The summed E-state index contributed by atoms with van der Waals surface area (Å²) in [4.78, 5) is 14.6. The Balaban J connectivity index is 1.92. The molecule has 106 valence electrons. The van der Waals surface area contributed by atoms with Crippen molar-refractivity contribution >= 4 is 5.97 Å². The van der Waals surface area contributed by atoms with Gasteiger partial charge >= 0.3 is 5.97 Å². The zero-order valence-electron chi connectivity index (χ0n) is 11.0. The molecule has 1 heterocycles. The minimum absolute atomic E-state index is 0.0550. The third-order valence-electron chi connectivity index (χ3n) is 2.61. The number of rotatable bonds is 7. The molecule has 0 aliphatic heterocycles. The first-order valence-electron chi connectivity index (χ1n) is 6.08. The van der Waals surface area contributed by atoms with Gasteiger partial charge in [-0.2, -0.15) is 4.98 Å². The maximum atomic E-state index is 10.4. The summed E-state index contributed by atoms with van der Waals surface area (Å²) in [5.41, 5.74) is 0.825. The van der Waals surface area contributed by atoms with Gasteiger partial charge in [0.1, 0.15) is 5.75 Å². The Hall–Kier alpha value is -2.41. The minimum atomic E-state index is -0.845. The van der Waals surface area contributed by atoms with Crippen LogP contribution < -0.4 is 10.1 Å². The van der Waals surface area contributed by atoms with E-state index >= 15 is 0 Å². The fraction of sp³-hybridized carbons (Fsp3) is 0.308. The van der Waals surface area contributed by atoms with Crippen LogP contribution in [0.5, 0.6) is 5.75 Å². The molecule has 0 saturated heterocycles. The summed E-state index contributed by atoms with van der Waals surface area (Å²) >= 11 is 0. The molecular weight excluding hydrogens is 262 g/mol. The second-order valence-corrected chi connectivity index (χ2v) is 4.06. The zero-order chi connectivity index (χ0) is 14.4. The van der Waals surface area contributed by atoms with E-state index in [-0.39, 0.29) is 6.42 Å². The highest BCUT2D eigenvalue weighted by Gasteiger charge is 2.08. The quantitative estimate of drug-likeness (QED) is 0.736. The molecule has 7 heteroatoms. The smallest absolute Gasteiger partial charge is 0.304 e. The van der Waals surface area contributed by atoms with Gasteiger partial charge in [-0.25, -0.2) is 0 Å². The van der Waals surface area contributed by atoms with Gasteiger partial charge in [-0.1, -0.05) is 5.16 Å². The van der Waals surface area contributed by atoms with Crippen LogP contribution in [0.4, 0.5) is 0 Å². The zero-order valence-corrected chi connectivity index (χ0v) is 11.0. The molecule has 2 aromatic rings. The molecule has 0 saturated carbocycles. The first-order chi connectivity index (χ1) is 9.69. The number of aliphatic carboxylic acids is 1. The van der Waals surface area contributed by atoms with E-state index in [1.54, 1.807) is 7.11 Å². The molecular formula is C13H15N3O4. The van der Waals surface area contributed by atoms with E-state index < -0.39 is 5.97 Å². The van der Waals surface area contributed by atoms with E-state index in [1.165, 1.54) is 0 Å². The van der Waals surface area contributed by atoms with Crippen LogP contribution in [0, 0.1) is 0 Å². The van der Waals surface area contributed by atoms with Crippen molar-refractivity contribution in [3.8, 4) is 17.1 Å². The molecule has 2 N–H and O–H groups in total. The van der Waals surface area contributed by atoms with Crippen molar-refractivity contribution in [3.63, 3.8) is 0 Å². The van der Waals surface area contributed by atoms with Crippen molar-refractivity contribution in [2.75, 3.05) is 13.7 Å². The predicted molar refractivity (Wildman–Crippen MR) is 70.2 cm³/mol. The topological polar surface area (TPSA) is 97.5 Å². The van der Waals surface area contributed by atoms with E-state index in [0.717, 1.165) is 11.3 Å². The van der Waals surface area contributed by atoms with Crippen molar-refractivity contribution in [3.05, 3.63) is 30.2 Å². The molecule has 0 aliphatic rings. The number of methoxy groups -OCH3 is 1. The Kier molecular flexibility index (Phi) is 4.67. The fourth-order valence-corrected chi connectivity index (χ4v) is 1.57. The summed E-state index contributed by atoms with van der Waals surface area (Å²) in [6.07, 6.45) is 0.0550. The number of benzene rings is 1. The Morgan fingerprint density at radius 2 is 2.15 bits per heavy atom. The number of carbonyl (C=O) groups is 1. The van der Waals surface area contributed by atoms with Gasteiger partial charge in [0, 0.05) is 12.1 Å². The van der Waals surface area contributed by atoms with E-state index in [0.29, 0.717) is 24.8 Å². The highest BCUT2D eigenvalue weighted by Crippen LogP contribution is 2.19. The predicted octanol–water partition coefficient (Wildman–Crippen LogP) is 1.31. The van der Waals surface area contributed by atoms with Crippen molar-refractivity contribution in [2.45, 2.75) is 13.0 Å². The molecule has 0 fully saturated rings. The third-order valence-corrected chi connectivity index (χ3v) is 2.61. The minimum Gasteiger partial charge on any atom is -0.497 e. The summed E-state index contributed by atoms with van der Waals surface area (Å²) in [6, 6.07) is 7.31. The van der Waals surface area contributed by atoms with Crippen molar-refractivity contribution in [1.29, 1.82) is 0 Å². The lowest BCUT2D eigenvalue weighted by Gasteiger charge is -1.99. The van der Waals surface area contributed by atoms with Crippen molar-refractivity contribution in [1.82, 2.24) is 15.5 Å². The van der Waals surface area contributed by atoms with E-state index in [9.17, 15) is 4.79 Å². The standard InChI is InChI=1S/C13H15N3O4/c1-19-10-4-2-9(3-5-10)13-15-11(20-16-13)8-14-7-6-12(17)18/h2-5,14H,6-8H2,1H3,(H,17,18). The van der Waals surface area contributed by atoms with Crippen LogP contribution in [0.1, 0.15) is 12.3 Å². The van der Waals surface area contributed by atoms with E-state index in [4.69, 9.17) is 14.4 Å². The van der Waals surface area contributed by atoms with Crippen molar-refractivity contribution in [2.24, 2.45) is 0 Å². The molecule has 0 atom stereocenters. The lowest BCUT2D eigenvalue weighted by Crippen LogP contribution is -2.17. The Morgan fingerprint density at radius 1 is 1.40 bits per heavy atom. The van der Waals surface area contributed by atoms with Gasteiger partial charge in [0.05, 0.1) is 20.1 Å². The van der Waals surface area contributed by atoms with Gasteiger partial charge in [0.15, 0.2) is 0 Å². The molecule has 20 heavy (non-hydrogen) atoms. The highest BCUT2D eigenvalue weighted by molar-refractivity contribution is 5.66. The molecule has 0 amide bonds. The number of hydrogen-bond donors (Lipinski definition) is 2. The van der Waals surface area contributed by atoms with Gasteiger partial charge in [-0.3, -0.25) is 4.79 Å². The maximum absolute atomic E-state index is 10.4. The van der Waals surface area contributed by atoms with Crippen LogP contribution >= 0.6 is 0 Å². The lowest BCUT2D eigenvalue weighted by atomic mass is 10.2. The Labute approximate surface area is 115 Å². The van der Waals surface area contributed by atoms with Crippen LogP contribution in [0.25, 0.3) is 11.4 Å². The van der Waals surface area contributed by atoms with E-state index in [1.807, 2.05) is 24.3 Å². The fourth-order valence-electron chi connectivity index (χ4n) is 1.57. The number of nitrogens with zero attached hydrogens (tertiary/aromatic N) is 2. The number of nitrogens with one attached hydrogen (secondary N) is 1. The summed E-state index contributed by atoms with van der Waals surface area (Å²) in [6.45, 7) is 0.700. The molecule has 0 aliphatic carbocycles. The average Bonchev–Trinajstić information content (AvgIpc) is 2.92. The number of hydrogen-bond acceptors (Lipinski definition) is 6. The summed E-state index contributed by atoms with van der Waals surface area (Å²) in [5, 5.41) is 15.3. The van der Waals surface area contributed by atoms with Gasteiger partial charge < -0.3 is 19.7 Å². The average molecular weight is 277 g/mol. The van der Waals surface area contributed by atoms with Crippen molar-refractivity contribution < 1.29 is 19.2 Å². The van der Waals surface area contributed by atoms with Gasteiger partial charge in [0.25, 0.3) is 0 Å². The summed E-state index contributed by atoms with van der Waals surface area (Å²) in [5.74, 6) is 0.818. The summed E-state index contributed by atoms with van der Waals surface area (Å²) < 4.78 is 10.2. The van der Waals surface area contributed by atoms with Crippen LogP contribution in [0.15, 0.2) is 28.8 Å². The summed E-state index contributed by atoms with van der Waals surface area (Å²) in [7, 11) is 1.60. The molecule has 0 bridgehead atoms. The molecule has 1 aromatic heterocycles. The monoisotopic (exact) mass is 277 g/mol. The van der Waals surface area contributed by atoms with Gasteiger partial charge in [0.2, 0.25) is 11.7 Å². The Bertz CT molecular complexity index is 565. The largest absolute Gasteiger partial charge is 0.497 e. The van der Waals surface area contributed by atoms with Crippen LogP contribution in [0.2, 0.25) is 0 Å². The number of aromatic nitrogens is 2. The molecule has 1 aromatic carbocycles. The number of ether oxygens (including phenoxy) is 1. The molecule has 0 spiro atoms. The molecule has 0 radical (unpaired) electrons. The normalized spacial score (nSPS) is 10.4. The Morgan fingerprint density at radius 3 is 2.80 bits per heavy atom. The SMILES string of the molecule is COc1ccc(-c2noc(CNCCC(=O)O)n2)cc1. The van der Waals surface area contributed by atoms with Crippen LogP contribution in [0.3, 0.4) is 0 Å². The maximum Gasteiger partial charge on any atom is 0.304 e. The van der Waals surface area contributed by atoms with Crippen LogP contribution in [-0.4, -0.2) is 34.9 Å². The van der Waals surface area contributed by atoms with Gasteiger partial charge in [-0.05, 0) is 24.3 Å². The second kappa shape index (κ2) is 6.67. The first-order valence-corrected chi connectivity index (χ1v) is 6.08. The first kappa shape index (κ1) is 14.0. The second-order valence-electron chi connectivity index (χ2n) is 4.06. The van der Waals surface area contributed by atoms with E-state index in [2.05, 4.69) is 15.5 Å². The highest BCUT2D eigenvalue weighted by atomic mass is 16.5. The third kappa shape index (κ3) is 3.79. The number of carboxylic acid groups (broad SMARTS) is 1. The van der Waals surface area contributed by atoms with Crippen LogP contribution in [-0.2, 0) is 11.3 Å². The number of carboxylic acids is 1. The lowest BCUT2D eigenvalue weighted by molar-refractivity contribution is -0.136. The van der Waals surface area contributed by atoms with Gasteiger partial charge in [-0.15, -0.1) is 0 Å². The molecule has 0 unspecified atom stereocenters.